The number of nitro benzene ring substituents is 1. The first-order chi connectivity index (χ1) is 14.2. The summed E-state index contributed by atoms with van der Waals surface area (Å²) in [5, 5.41) is 18.2. The van der Waals surface area contributed by atoms with E-state index < -0.39 is 0 Å². The molecule has 0 aliphatic carbocycles. The molecule has 2 aromatic carbocycles. The lowest BCUT2D eigenvalue weighted by molar-refractivity contribution is -0.385. The van der Waals surface area contributed by atoms with Crippen molar-refractivity contribution in [2.24, 2.45) is 10.1 Å². The van der Waals surface area contributed by atoms with Crippen LogP contribution in [0.5, 0.6) is 0 Å². The summed E-state index contributed by atoms with van der Waals surface area (Å²) in [7, 11) is 0. The van der Waals surface area contributed by atoms with E-state index in [1.54, 1.807) is 19.1 Å². The van der Waals surface area contributed by atoms with E-state index in [1.807, 2.05) is 31.5 Å². The van der Waals surface area contributed by atoms with Crippen LogP contribution in [0.25, 0.3) is 11.3 Å². The molecule has 0 spiro atoms. The highest BCUT2D eigenvalue weighted by molar-refractivity contribution is 7.07. The van der Waals surface area contributed by atoms with E-state index in [-0.39, 0.29) is 16.7 Å². The Morgan fingerprint density at radius 3 is 2.40 bits per heavy atom. The number of rotatable bonds is 5. The fraction of sp³-hybridized carbons (Fsp3) is 0.304. The van der Waals surface area contributed by atoms with E-state index in [1.165, 1.54) is 22.5 Å². The highest BCUT2D eigenvalue weighted by Gasteiger charge is 2.14. The quantitative estimate of drug-likeness (QED) is 0.304. The van der Waals surface area contributed by atoms with Gasteiger partial charge in [-0.25, -0.2) is 4.68 Å². The van der Waals surface area contributed by atoms with Crippen molar-refractivity contribution in [2.75, 3.05) is 0 Å². The van der Waals surface area contributed by atoms with Crippen LogP contribution in [0.2, 0.25) is 0 Å². The molecule has 0 N–H and O–H groups in total. The van der Waals surface area contributed by atoms with Crippen LogP contribution >= 0.6 is 11.3 Å². The molecule has 0 saturated heterocycles. The second-order valence-corrected chi connectivity index (χ2v) is 8.52. The van der Waals surface area contributed by atoms with Crippen molar-refractivity contribution in [3.8, 4) is 11.3 Å². The molecule has 0 radical (unpaired) electrons. The predicted molar refractivity (Wildman–Crippen MR) is 123 cm³/mol. The van der Waals surface area contributed by atoms with Crippen molar-refractivity contribution >= 4 is 22.7 Å². The molecule has 3 rings (SSSR count). The molecule has 1 heterocycles. The van der Waals surface area contributed by atoms with Gasteiger partial charge in [-0.05, 0) is 58.7 Å². The highest BCUT2D eigenvalue weighted by Crippen LogP contribution is 2.24. The van der Waals surface area contributed by atoms with Gasteiger partial charge in [-0.2, -0.15) is 5.10 Å². The van der Waals surface area contributed by atoms with Crippen LogP contribution in [0.4, 0.5) is 5.69 Å². The molecule has 0 bridgehead atoms. The number of aryl methyl sites for hydroxylation is 3. The molecule has 7 heteroatoms. The molecular formula is C23H26N4O2S. The Morgan fingerprint density at radius 1 is 1.07 bits per heavy atom. The van der Waals surface area contributed by atoms with E-state index >= 15 is 0 Å². The van der Waals surface area contributed by atoms with Crippen molar-refractivity contribution in [1.29, 1.82) is 0 Å². The largest absolute Gasteiger partial charge is 0.272 e. The van der Waals surface area contributed by atoms with Gasteiger partial charge in [0.2, 0.25) is 4.80 Å². The van der Waals surface area contributed by atoms with Gasteiger partial charge in [0.1, 0.15) is 0 Å². The number of hydrogen-bond donors (Lipinski definition) is 0. The fourth-order valence-corrected chi connectivity index (χ4v) is 4.01. The molecular weight excluding hydrogens is 396 g/mol. The first-order valence-electron chi connectivity index (χ1n) is 9.80. The van der Waals surface area contributed by atoms with E-state index in [9.17, 15) is 10.1 Å². The van der Waals surface area contributed by atoms with Gasteiger partial charge in [0.15, 0.2) is 0 Å². The molecule has 0 atom stereocenters. The van der Waals surface area contributed by atoms with Crippen LogP contribution in [0.15, 0.2) is 51.9 Å². The number of thiazole rings is 1. The molecule has 1 aromatic heterocycles. The Balaban J connectivity index is 2.18. The molecule has 0 unspecified atom stereocenters. The summed E-state index contributed by atoms with van der Waals surface area (Å²) in [5.41, 5.74) is 6.58. The van der Waals surface area contributed by atoms with Crippen LogP contribution in [0, 0.1) is 30.9 Å². The lowest BCUT2D eigenvalue weighted by Crippen LogP contribution is -2.16. The summed E-state index contributed by atoms with van der Waals surface area (Å²) in [6, 6.07) is 11.7. The Bertz CT molecular complexity index is 1200. The number of nitrogens with zero attached hydrogens (tertiary/aromatic N) is 4. The van der Waals surface area contributed by atoms with Gasteiger partial charge < -0.3 is 0 Å². The third-order valence-electron chi connectivity index (χ3n) is 4.93. The summed E-state index contributed by atoms with van der Waals surface area (Å²) in [5.74, 6) is 0. The lowest BCUT2D eigenvalue weighted by Gasteiger charge is -2.09. The van der Waals surface area contributed by atoms with E-state index in [2.05, 4.69) is 37.4 Å². The van der Waals surface area contributed by atoms with Gasteiger partial charge >= 0.3 is 0 Å². The normalized spacial score (nSPS) is 12.6. The van der Waals surface area contributed by atoms with Crippen molar-refractivity contribution in [1.82, 2.24) is 4.68 Å². The summed E-state index contributed by atoms with van der Waals surface area (Å²) in [6.45, 7) is 11.8. The van der Waals surface area contributed by atoms with Crippen LogP contribution in [-0.2, 0) is 0 Å². The summed E-state index contributed by atoms with van der Waals surface area (Å²) in [4.78, 5) is 16.5. The number of nitro groups is 1. The lowest BCUT2D eigenvalue weighted by atomic mass is 10.0. The monoisotopic (exact) mass is 422 g/mol. The third-order valence-corrected chi connectivity index (χ3v) is 5.76. The minimum Gasteiger partial charge on any atom is -0.258 e. The van der Waals surface area contributed by atoms with Crippen molar-refractivity contribution in [2.45, 2.75) is 47.6 Å². The smallest absolute Gasteiger partial charge is 0.258 e. The molecule has 0 fully saturated rings. The van der Waals surface area contributed by atoms with Crippen LogP contribution in [-0.4, -0.2) is 21.4 Å². The number of hydrogen-bond acceptors (Lipinski definition) is 5. The first kappa shape index (κ1) is 21.6. The van der Waals surface area contributed by atoms with Gasteiger partial charge in [0, 0.05) is 34.2 Å². The highest BCUT2D eigenvalue weighted by atomic mass is 32.1. The van der Waals surface area contributed by atoms with Crippen LogP contribution in [0.3, 0.4) is 0 Å². The zero-order valence-corrected chi connectivity index (χ0v) is 18.9. The molecule has 0 saturated carbocycles. The van der Waals surface area contributed by atoms with Gasteiger partial charge in [0.25, 0.3) is 5.69 Å². The minimum absolute atomic E-state index is 0.0962. The Labute approximate surface area is 180 Å². The van der Waals surface area contributed by atoms with E-state index in [0.717, 1.165) is 16.1 Å². The van der Waals surface area contributed by atoms with Crippen molar-refractivity contribution in [3.05, 3.63) is 78.9 Å². The third kappa shape index (κ3) is 4.57. The topological polar surface area (TPSA) is 72.8 Å². The summed E-state index contributed by atoms with van der Waals surface area (Å²) < 4.78 is 1.84. The molecule has 6 nitrogen and oxygen atoms in total. The van der Waals surface area contributed by atoms with Gasteiger partial charge in [-0.3, -0.25) is 15.1 Å². The van der Waals surface area contributed by atoms with Gasteiger partial charge in [0.05, 0.1) is 16.3 Å². The average molecular weight is 423 g/mol. The molecule has 3 aromatic rings. The predicted octanol–water partition coefficient (Wildman–Crippen LogP) is 5.63. The SMILES string of the molecule is CC(=Nn1c(-c2ccc(C)c(C)c2)csc1=NC(C)C)c1ccc(C)c([N+](=O)[O-])c1. The molecule has 156 valence electrons. The zero-order chi connectivity index (χ0) is 22.0. The van der Waals surface area contributed by atoms with E-state index in [4.69, 9.17) is 10.1 Å². The number of aromatic nitrogens is 1. The molecule has 0 aliphatic rings. The summed E-state index contributed by atoms with van der Waals surface area (Å²) in [6.07, 6.45) is 0. The maximum absolute atomic E-state index is 11.3. The first-order valence-corrected chi connectivity index (χ1v) is 10.7. The molecule has 30 heavy (non-hydrogen) atoms. The van der Waals surface area contributed by atoms with Gasteiger partial charge in [-0.1, -0.05) is 24.3 Å². The van der Waals surface area contributed by atoms with Crippen LogP contribution in [0.1, 0.15) is 43.0 Å². The zero-order valence-electron chi connectivity index (χ0n) is 18.1. The Kier molecular flexibility index (Phi) is 6.31. The molecule has 0 amide bonds. The second-order valence-electron chi connectivity index (χ2n) is 7.68. The Hall–Kier alpha value is -3.06. The summed E-state index contributed by atoms with van der Waals surface area (Å²) >= 11 is 1.54. The maximum Gasteiger partial charge on any atom is 0.272 e. The average Bonchev–Trinajstić information content (AvgIpc) is 3.05. The minimum atomic E-state index is -0.357. The molecule has 0 aliphatic heterocycles. The van der Waals surface area contributed by atoms with Crippen molar-refractivity contribution in [3.63, 3.8) is 0 Å². The number of benzene rings is 2. The maximum atomic E-state index is 11.3. The fourth-order valence-electron chi connectivity index (χ4n) is 3.04. The Morgan fingerprint density at radius 2 is 1.77 bits per heavy atom. The second kappa shape index (κ2) is 8.75. The standard InChI is InChI=1S/C23H26N4O2S/c1-14(2)24-23-26(22(13-30-23)20-10-7-15(3)17(5)11-20)25-18(6)19-9-8-16(4)21(12-19)27(28)29/h7-14H,1-6H3. The van der Waals surface area contributed by atoms with Gasteiger partial charge in [-0.15, -0.1) is 11.3 Å². The van der Waals surface area contributed by atoms with Crippen LogP contribution < -0.4 is 4.80 Å². The van der Waals surface area contributed by atoms with Crippen molar-refractivity contribution < 1.29 is 4.92 Å². The van der Waals surface area contributed by atoms with E-state index in [0.29, 0.717) is 16.8 Å².